The van der Waals surface area contributed by atoms with Crippen LogP contribution in [0, 0.1) is 0 Å². The van der Waals surface area contributed by atoms with Crippen LogP contribution in [0.3, 0.4) is 0 Å². The molecule has 12 heteroatoms. The Morgan fingerprint density at radius 3 is 1.90 bits per heavy atom. The van der Waals surface area contributed by atoms with Gasteiger partial charge in [0.15, 0.2) is 5.25 Å². The fourth-order valence-electron chi connectivity index (χ4n) is 2.57. The zero-order chi connectivity index (χ0) is 21.4. The van der Waals surface area contributed by atoms with Gasteiger partial charge in [-0.05, 0) is 6.42 Å². The van der Waals surface area contributed by atoms with Gasteiger partial charge in [-0.1, -0.05) is 58.3 Å². The van der Waals surface area contributed by atoms with E-state index < -0.39 is 33.7 Å². The molecule has 0 fully saturated rings. The molecule has 30 heavy (non-hydrogen) atoms. The zero-order valence-corrected chi connectivity index (χ0v) is 23.3. The van der Waals surface area contributed by atoms with Gasteiger partial charge in [0.25, 0.3) is 10.1 Å². The van der Waals surface area contributed by atoms with Crippen molar-refractivity contribution >= 4 is 87.1 Å². The second-order valence-electron chi connectivity index (χ2n) is 6.69. The Bertz CT molecular complexity index is 587. The molecule has 0 aliphatic carbocycles. The minimum Gasteiger partial charge on any atom is -0.480 e. The van der Waals surface area contributed by atoms with Crippen LogP contribution >= 0.6 is 0 Å². The summed E-state index contributed by atoms with van der Waals surface area (Å²) in [4.78, 5) is 33.8. The van der Waals surface area contributed by atoms with Crippen molar-refractivity contribution in [2.24, 2.45) is 0 Å². The quantitative estimate of drug-likeness (QED) is 0.126. The first-order valence-corrected chi connectivity index (χ1v) is 11.3. The summed E-state index contributed by atoms with van der Waals surface area (Å²) in [5.74, 6) is -3.09. The number of carboxylic acid groups (broad SMARTS) is 1. The number of carbonyl (C=O) groups excluding carboxylic acids is 2. The van der Waals surface area contributed by atoms with E-state index in [-0.39, 0.29) is 78.2 Å². The Kier molecular flexibility index (Phi) is 24.7. The average molecular weight is 470 g/mol. The van der Waals surface area contributed by atoms with Crippen LogP contribution in [-0.4, -0.2) is 113 Å². The molecular weight excluding hydrogens is 436 g/mol. The van der Waals surface area contributed by atoms with E-state index in [0.29, 0.717) is 6.42 Å². The third-order valence-electron chi connectivity index (χ3n) is 4.18. The van der Waals surface area contributed by atoms with Crippen molar-refractivity contribution in [3.05, 3.63) is 0 Å². The number of aliphatic carboxylic acids is 1. The molecule has 3 N–H and O–H groups in total. The van der Waals surface area contributed by atoms with Crippen molar-refractivity contribution in [2.45, 2.75) is 82.8 Å². The van der Waals surface area contributed by atoms with Gasteiger partial charge in [0, 0.05) is 65.5 Å². The number of hydrogen-bond acceptors (Lipinski definition) is 6. The number of carbonyl (C=O) groups is 3. The number of nitrogens with one attached hydrogen (secondary N) is 1. The molecule has 0 aromatic rings. The van der Waals surface area contributed by atoms with Gasteiger partial charge in [0.1, 0.15) is 6.61 Å². The van der Waals surface area contributed by atoms with Gasteiger partial charge in [-0.3, -0.25) is 18.9 Å². The molecule has 166 valence electrons. The number of unbranched alkanes of at least 4 members (excludes halogenated alkanes) is 8. The second-order valence-corrected chi connectivity index (χ2v) is 8.29. The zero-order valence-electron chi connectivity index (χ0n) is 18.5. The van der Waals surface area contributed by atoms with Crippen molar-refractivity contribution in [1.82, 2.24) is 5.32 Å². The molecule has 0 bridgehead atoms. The Morgan fingerprint density at radius 2 is 1.43 bits per heavy atom. The van der Waals surface area contributed by atoms with Crippen LogP contribution in [0.1, 0.15) is 77.6 Å². The summed E-state index contributed by atoms with van der Waals surface area (Å²) in [5, 5.41) is 8.99. The van der Waals surface area contributed by atoms with E-state index >= 15 is 0 Å². The second kappa shape index (κ2) is 21.2. The molecule has 0 spiro atoms. The predicted molar refractivity (Wildman–Crippen MR) is 115 cm³/mol. The summed E-state index contributed by atoms with van der Waals surface area (Å²) in [6.07, 6.45) is 9.76. The molecule has 1 atom stereocenters. The van der Waals surface area contributed by atoms with Crippen LogP contribution in [-0.2, 0) is 29.2 Å². The minimum absolute atomic E-state index is 0. The van der Waals surface area contributed by atoms with Crippen molar-refractivity contribution in [3.63, 3.8) is 0 Å². The first kappa shape index (κ1) is 34.9. The monoisotopic (exact) mass is 469 g/mol. The van der Waals surface area contributed by atoms with Crippen molar-refractivity contribution in [1.29, 1.82) is 0 Å². The van der Waals surface area contributed by atoms with Crippen molar-refractivity contribution in [3.8, 4) is 0 Å². The number of ether oxygens (including phenoxy) is 1. The SMILES string of the molecule is CCCCCCCCCCCC(=O)NCCOC(=O)CC(C(=O)O)S(=O)(=O)O.[Na].[Na]. The van der Waals surface area contributed by atoms with Crippen LogP contribution < -0.4 is 5.32 Å². The van der Waals surface area contributed by atoms with Gasteiger partial charge in [-0.2, -0.15) is 8.42 Å². The predicted octanol–water partition coefficient (Wildman–Crippen LogP) is 1.54. The molecule has 0 aromatic carbocycles. The first-order valence-electron chi connectivity index (χ1n) is 9.80. The third kappa shape index (κ3) is 20.2. The van der Waals surface area contributed by atoms with E-state index in [1.54, 1.807) is 0 Å². The van der Waals surface area contributed by atoms with E-state index in [4.69, 9.17) is 9.66 Å². The maximum absolute atomic E-state index is 11.7. The van der Waals surface area contributed by atoms with Crippen LogP contribution in [0.15, 0.2) is 0 Å². The topological polar surface area (TPSA) is 147 Å². The fraction of sp³-hybridized carbons (Fsp3) is 0.833. The van der Waals surface area contributed by atoms with Gasteiger partial charge in [0.2, 0.25) is 5.91 Å². The summed E-state index contributed by atoms with van der Waals surface area (Å²) in [5.41, 5.74) is 0. The average Bonchev–Trinajstić information content (AvgIpc) is 2.60. The van der Waals surface area contributed by atoms with Crippen LogP contribution in [0.5, 0.6) is 0 Å². The summed E-state index contributed by atoms with van der Waals surface area (Å²) < 4.78 is 35.2. The molecule has 0 heterocycles. The van der Waals surface area contributed by atoms with Gasteiger partial charge in [-0.15, -0.1) is 0 Å². The number of rotatable bonds is 17. The van der Waals surface area contributed by atoms with E-state index in [0.717, 1.165) is 19.3 Å². The summed E-state index contributed by atoms with van der Waals surface area (Å²) in [7, 11) is -4.90. The number of carboxylic acids is 1. The van der Waals surface area contributed by atoms with E-state index in [2.05, 4.69) is 17.0 Å². The molecule has 0 rings (SSSR count). The van der Waals surface area contributed by atoms with Gasteiger partial charge in [-0.25, -0.2) is 0 Å². The Morgan fingerprint density at radius 1 is 0.933 bits per heavy atom. The Hall–Kier alpha value is 0.320. The normalized spacial score (nSPS) is 11.5. The van der Waals surface area contributed by atoms with Gasteiger partial charge in [0.05, 0.1) is 13.0 Å². The largest absolute Gasteiger partial charge is 0.480 e. The molecule has 9 nitrogen and oxygen atoms in total. The molecule has 0 aromatic heterocycles. The molecule has 1 unspecified atom stereocenters. The van der Waals surface area contributed by atoms with Gasteiger partial charge < -0.3 is 15.2 Å². The molecule has 0 aliphatic heterocycles. The van der Waals surface area contributed by atoms with Gasteiger partial charge >= 0.3 is 11.9 Å². The van der Waals surface area contributed by atoms with Crippen LogP contribution in [0.4, 0.5) is 0 Å². The third-order valence-corrected chi connectivity index (χ3v) is 5.27. The number of hydrogen-bond donors (Lipinski definition) is 3. The fourth-order valence-corrected chi connectivity index (χ4v) is 3.17. The molecule has 0 saturated carbocycles. The molecule has 0 aliphatic rings. The number of amides is 1. The standard InChI is InChI=1S/C18H33NO8S.2Na/c1-2-3-4-5-6-7-8-9-10-11-16(20)19-12-13-27-17(21)14-15(18(22)23)28(24,25)26;;/h15H,2-14H2,1H3,(H,19,20)(H,22,23)(H,24,25,26);;. The van der Waals surface area contributed by atoms with E-state index in [9.17, 15) is 22.8 Å². The summed E-state index contributed by atoms with van der Waals surface area (Å²) in [6, 6.07) is 0. The number of esters is 1. The summed E-state index contributed by atoms with van der Waals surface area (Å²) >= 11 is 0. The Balaban J connectivity index is -0.00000364. The Labute approximate surface area is 223 Å². The van der Waals surface area contributed by atoms with E-state index in [1.165, 1.54) is 38.5 Å². The molecule has 1 amide bonds. The van der Waals surface area contributed by atoms with Crippen LogP contribution in [0.25, 0.3) is 0 Å². The van der Waals surface area contributed by atoms with Crippen molar-refractivity contribution < 1.29 is 37.2 Å². The molecule has 2 radical (unpaired) electrons. The maximum atomic E-state index is 11.7. The smallest absolute Gasteiger partial charge is 0.325 e. The minimum atomic E-state index is -4.90. The molecular formula is C18H33NNa2O8S. The maximum Gasteiger partial charge on any atom is 0.325 e. The first-order chi connectivity index (χ1) is 13.2. The van der Waals surface area contributed by atoms with E-state index in [1.807, 2.05) is 0 Å². The molecule has 0 saturated heterocycles. The van der Waals surface area contributed by atoms with Crippen molar-refractivity contribution in [2.75, 3.05) is 13.2 Å². The summed E-state index contributed by atoms with van der Waals surface area (Å²) in [6.45, 7) is 2.03. The van der Waals surface area contributed by atoms with Crippen LogP contribution in [0.2, 0.25) is 0 Å².